The van der Waals surface area contributed by atoms with Crippen molar-refractivity contribution in [3.05, 3.63) is 29.6 Å². The second kappa shape index (κ2) is 5.91. The van der Waals surface area contributed by atoms with Crippen molar-refractivity contribution in [3.63, 3.8) is 0 Å². The number of halogens is 3. The molecule has 1 aromatic carbocycles. The molecule has 1 saturated heterocycles. The van der Waals surface area contributed by atoms with Crippen LogP contribution in [-0.4, -0.2) is 38.0 Å². The van der Waals surface area contributed by atoms with E-state index in [0.717, 1.165) is 12.1 Å². The highest BCUT2D eigenvalue weighted by molar-refractivity contribution is 5.91. The first-order valence-corrected chi connectivity index (χ1v) is 6.01. The van der Waals surface area contributed by atoms with Crippen LogP contribution >= 0.6 is 0 Å². The zero-order valence-electron chi connectivity index (χ0n) is 10.4. The van der Waals surface area contributed by atoms with Gasteiger partial charge in [-0.05, 0) is 12.1 Å². The second-order valence-electron chi connectivity index (χ2n) is 4.47. The number of amides is 2. The van der Waals surface area contributed by atoms with E-state index in [1.54, 1.807) is 0 Å². The SMILES string of the molecule is O=C1C[NH+](CC(=O)Nc2ccc(F)c(F)c2F)CCN1. The molecule has 5 nitrogen and oxygen atoms in total. The minimum absolute atomic E-state index is 0.0497. The number of anilines is 1. The van der Waals surface area contributed by atoms with Gasteiger partial charge in [-0.1, -0.05) is 0 Å². The summed E-state index contributed by atoms with van der Waals surface area (Å²) in [5.74, 6) is -5.13. The van der Waals surface area contributed by atoms with Crippen LogP contribution in [-0.2, 0) is 9.59 Å². The van der Waals surface area contributed by atoms with Crippen molar-refractivity contribution in [2.24, 2.45) is 0 Å². The van der Waals surface area contributed by atoms with Crippen molar-refractivity contribution in [2.75, 3.05) is 31.5 Å². The molecular formula is C12H13F3N3O2+. The van der Waals surface area contributed by atoms with Crippen LogP contribution in [0, 0.1) is 17.5 Å². The summed E-state index contributed by atoms with van der Waals surface area (Å²) in [4.78, 5) is 23.5. The van der Waals surface area contributed by atoms with Gasteiger partial charge >= 0.3 is 0 Å². The normalized spacial score (nSPS) is 18.6. The summed E-state index contributed by atoms with van der Waals surface area (Å²) in [7, 11) is 0. The Hall–Kier alpha value is -2.09. The van der Waals surface area contributed by atoms with Crippen LogP contribution in [0.4, 0.5) is 18.9 Å². The van der Waals surface area contributed by atoms with Crippen LogP contribution in [0.1, 0.15) is 0 Å². The van der Waals surface area contributed by atoms with Gasteiger partial charge in [0.05, 0.1) is 18.8 Å². The van der Waals surface area contributed by atoms with Crippen molar-refractivity contribution < 1.29 is 27.7 Å². The molecular weight excluding hydrogens is 275 g/mol. The monoisotopic (exact) mass is 288 g/mol. The van der Waals surface area contributed by atoms with E-state index in [0.29, 0.717) is 18.0 Å². The van der Waals surface area contributed by atoms with E-state index >= 15 is 0 Å². The number of carbonyl (C=O) groups excluding carboxylic acids is 2. The molecule has 2 rings (SSSR count). The van der Waals surface area contributed by atoms with Crippen LogP contribution in [0.2, 0.25) is 0 Å². The van der Waals surface area contributed by atoms with Crippen molar-refractivity contribution in [1.82, 2.24) is 5.32 Å². The first-order valence-electron chi connectivity index (χ1n) is 6.01. The molecule has 1 aliphatic heterocycles. The van der Waals surface area contributed by atoms with Gasteiger partial charge in [0.25, 0.3) is 11.8 Å². The van der Waals surface area contributed by atoms with E-state index in [-0.39, 0.29) is 19.0 Å². The lowest BCUT2D eigenvalue weighted by Crippen LogP contribution is -3.16. The molecule has 1 aromatic rings. The quantitative estimate of drug-likeness (QED) is 0.629. The Balaban J connectivity index is 1.98. The summed E-state index contributed by atoms with van der Waals surface area (Å²) in [5, 5.41) is 4.78. The third-order valence-corrected chi connectivity index (χ3v) is 2.93. The fourth-order valence-electron chi connectivity index (χ4n) is 1.95. The van der Waals surface area contributed by atoms with Crippen molar-refractivity contribution >= 4 is 17.5 Å². The second-order valence-corrected chi connectivity index (χ2v) is 4.47. The Morgan fingerprint density at radius 1 is 1.30 bits per heavy atom. The van der Waals surface area contributed by atoms with Crippen LogP contribution in [0.15, 0.2) is 12.1 Å². The fraction of sp³-hybridized carbons (Fsp3) is 0.333. The molecule has 0 aromatic heterocycles. The van der Waals surface area contributed by atoms with Crippen LogP contribution in [0.25, 0.3) is 0 Å². The van der Waals surface area contributed by atoms with Gasteiger partial charge in [0, 0.05) is 0 Å². The number of nitrogens with one attached hydrogen (secondary N) is 3. The molecule has 0 bridgehead atoms. The highest BCUT2D eigenvalue weighted by atomic mass is 19.2. The Morgan fingerprint density at radius 3 is 2.75 bits per heavy atom. The highest BCUT2D eigenvalue weighted by Crippen LogP contribution is 2.19. The van der Waals surface area contributed by atoms with Crippen LogP contribution < -0.4 is 15.5 Å². The van der Waals surface area contributed by atoms with Gasteiger partial charge < -0.3 is 15.5 Å². The molecule has 0 radical (unpaired) electrons. The van der Waals surface area contributed by atoms with Gasteiger partial charge in [-0.15, -0.1) is 0 Å². The van der Waals surface area contributed by atoms with E-state index < -0.39 is 29.0 Å². The summed E-state index contributed by atoms with van der Waals surface area (Å²) < 4.78 is 39.1. The van der Waals surface area contributed by atoms with E-state index in [1.807, 2.05) is 0 Å². The maximum absolute atomic E-state index is 13.4. The fourth-order valence-corrected chi connectivity index (χ4v) is 1.95. The van der Waals surface area contributed by atoms with E-state index in [4.69, 9.17) is 0 Å². The molecule has 1 heterocycles. The van der Waals surface area contributed by atoms with Gasteiger partial charge in [0.15, 0.2) is 30.5 Å². The molecule has 0 saturated carbocycles. The predicted octanol–water partition coefficient (Wildman–Crippen LogP) is -0.943. The molecule has 0 aliphatic carbocycles. The summed E-state index contributed by atoms with van der Waals surface area (Å²) in [5.41, 5.74) is -0.422. The lowest BCUT2D eigenvalue weighted by atomic mass is 10.2. The van der Waals surface area contributed by atoms with Crippen molar-refractivity contribution in [1.29, 1.82) is 0 Å². The Bertz CT molecular complexity index is 551. The van der Waals surface area contributed by atoms with Gasteiger partial charge in [0.1, 0.15) is 0 Å². The van der Waals surface area contributed by atoms with Crippen molar-refractivity contribution in [3.8, 4) is 0 Å². The maximum atomic E-state index is 13.4. The Kier molecular flexibility index (Phi) is 4.23. The Labute approximate surface area is 112 Å². The average Bonchev–Trinajstić information content (AvgIpc) is 2.39. The molecule has 8 heteroatoms. The molecule has 2 amide bonds. The van der Waals surface area contributed by atoms with Gasteiger partial charge in [-0.25, -0.2) is 13.2 Å². The van der Waals surface area contributed by atoms with E-state index in [1.165, 1.54) is 0 Å². The first-order chi connectivity index (χ1) is 9.47. The van der Waals surface area contributed by atoms with Crippen LogP contribution in [0.3, 0.4) is 0 Å². The molecule has 0 spiro atoms. The standard InChI is InChI=1S/C12H12F3N3O2/c13-7-1-2-8(12(15)11(7)14)17-10(20)6-18-4-3-16-9(19)5-18/h1-2H,3-6H2,(H,16,19)(H,17,20)/p+1. The van der Waals surface area contributed by atoms with E-state index in [2.05, 4.69) is 10.6 Å². The summed E-state index contributed by atoms with van der Waals surface area (Å²) in [6, 6.07) is 1.68. The summed E-state index contributed by atoms with van der Waals surface area (Å²) >= 11 is 0. The summed E-state index contributed by atoms with van der Waals surface area (Å²) in [6.07, 6.45) is 0. The zero-order valence-corrected chi connectivity index (χ0v) is 10.4. The third kappa shape index (κ3) is 3.27. The summed E-state index contributed by atoms with van der Waals surface area (Å²) in [6.45, 7) is 1.12. The zero-order chi connectivity index (χ0) is 14.7. The maximum Gasteiger partial charge on any atom is 0.279 e. The molecule has 108 valence electrons. The Morgan fingerprint density at radius 2 is 2.05 bits per heavy atom. The number of piperazine rings is 1. The number of carbonyl (C=O) groups is 2. The van der Waals surface area contributed by atoms with Crippen LogP contribution in [0.5, 0.6) is 0 Å². The number of quaternary nitrogens is 1. The van der Waals surface area contributed by atoms with Gasteiger partial charge in [0.2, 0.25) is 0 Å². The molecule has 1 unspecified atom stereocenters. The van der Waals surface area contributed by atoms with Gasteiger partial charge in [-0.3, -0.25) is 9.59 Å². The first kappa shape index (κ1) is 14.3. The average molecular weight is 288 g/mol. The third-order valence-electron chi connectivity index (χ3n) is 2.93. The molecule has 3 N–H and O–H groups in total. The van der Waals surface area contributed by atoms with Gasteiger partial charge in [-0.2, -0.15) is 0 Å². The predicted molar refractivity (Wildman–Crippen MR) is 63.5 cm³/mol. The number of rotatable bonds is 3. The smallest absolute Gasteiger partial charge is 0.279 e. The molecule has 1 fully saturated rings. The minimum atomic E-state index is -1.63. The largest absolute Gasteiger partial charge is 0.346 e. The molecule has 20 heavy (non-hydrogen) atoms. The lowest BCUT2D eigenvalue weighted by Gasteiger charge is -2.22. The number of benzene rings is 1. The molecule has 1 aliphatic rings. The minimum Gasteiger partial charge on any atom is -0.346 e. The lowest BCUT2D eigenvalue weighted by molar-refractivity contribution is -0.885. The van der Waals surface area contributed by atoms with Crippen molar-refractivity contribution in [2.45, 2.75) is 0 Å². The number of hydrogen-bond donors (Lipinski definition) is 3. The topological polar surface area (TPSA) is 62.6 Å². The van der Waals surface area contributed by atoms with E-state index in [9.17, 15) is 22.8 Å². The molecule has 1 atom stereocenters. The highest BCUT2D eigenvalue weighted by Gasteiger charge is 2.23. The number of hydrogen-bond acceptors (Lipinski definition) is 2.